The Kier molecular flexibility index (Phi) is 20.8. The molecule has 1 aliphatic carbocycles. The Morgan fingerprint density at radius 2 is 0.642 bits per heavy atom. The zero-order valence-corrected chi connectivity index (χ0v) is 60.5. The van der Waals surface area contributed by atoms with Crippen molar-refractivity contribution in [2.24, 2.45) is 0 Å². The molecule has 9 heterocycles. The Labute approximate surface area is 508 Å². The van der Waals surface area contributed by atoms with E-state index >= 15 is 0 Å². The molecule has 0 aromatic rings. The lowest BCUT2D eigenvalue weighted by molar-refractivity contribution is -0.202. The van der Waals surface area contributed by atoms with Crippen molar-refractivity contribution in [3.8, 4) is 0 Å². The van der Waals surface area contributed by atoms with Crippen LogP contribution in [0.1, 0.15) is 240 Å². The van der Waals surface area contributed by atoms with Crippen molar-refractivity contribution in [2.75, 3.05) is 110 Å². The third kappa shape index (κ3) is 16.8. The first kappa shape index (κ1) is 70.0. The van der Waals surface area contributed by atoms with Crippen molar-refractivity contribution in [3.05, 3.63) is 0 Å². The molecule has 12 heteroatoms. The molecule has 0 radical (unpaired) electrons. The average Bonchev–Trinajstić information content (AvgIpc) is 3.54. The minimum atomic E-state index is 0.244. The van der Waals surface area contributed by atoms with Gasteiger partial charge in [-0.2, -0.15) is 11.8 Å². The summed E-state index contributed by atoms with van der Waals surface area (Å²) in [6, 6.07) is 3.18. The van der Waals surface area contributed by atoms with E-state index in [0.717, 1.165) is 50.5 Å². The van der Waals surface area contributed by atoms with Gasteiger partial charge in [-0.3, -0.25) is 49.0 Å². The molecule has 81 heavy (non-hydrogen) atoms. The van der Waals surface area contributed by atoms with Crippen LogP contribution in [0.3, 0.4) is 0 Å². The third-order valence-electron chi connectivity index (χ3n) is 20.7. The van der Waals surface area contributed by atoms with Gasteiger partial charge in [-0.05, 0) is 240 Å². The summed E-state index contributed by atoms with van der Waals surface area (Å²) in [7, 11) is 0. The van der Waals surface area contributed by atoms with Gasteiger partial charge in [0.2, 0.25) is 0 Å². The highest BCUT2D eigenvalue weighted by Crippen LogP contribution is 2.49. The Balaban J connectivity index is 0.000000163. The minimum Gasteiger partial charge on any atom is -0.377 e. The molecular formula is C69H138N10OS. The average molecular weight is 1160 g/mol. The van der Waals surface area contributed by atoms with Crippen molar-refractivity contribution < 1.29 is 4.74 Å². The fourth-order valence-electron chi connectivity index (χ4n) is 16.4. The van der Waals surface area contributed by atoms with Crippen LogP contribution in [-0.4, -0.2) is 255 Å². The molecule has 9 aliphatic heterocycles. The summed E-state index contributed by atoms with van der Waals surface area (Å²) in [6.45, 7) is 88.1. The van der Waals surface area contributed by atoms with Crippen LogP contribution in [0.5, 0.6) is 0 Å². The fraction of sp³-hybridized carbons (Fsp3) is 1.00. The molecule has 4 bridgehead atoms. The zero-order valence-electron chi connectivity index (χ0n) is 59.7. The summed E-state index contributed by atoms with van der Waals surface area (Å²) < 4.78 is 5.53. The van der Waals surface area contributed by atoms with Crippen LogP contribution in [0.15, 0.2) is 0 Å². The molecule has 476 valence electrons. The molecule has 3 spiro atoms. The topological polar surface area (TPSA) is 41.6 Å². The van der Waals surface area contributed by atoms with Crippen molar-refractivity contribution >= 4 is 11.8 Å². The number of ether oxygens (including phenoxy) is 1. The molecular weight excluding hydrogens is 1020 g/mol. The zero-order chi connectivity index (χ0) is 61.6. The molecule has 0 N–H and O–H groups in total. The minimum absolute atomic E-state index is 0.244. The Morgan fingerprint density at radius 3 is 0.889 bits per heavy atom. The Hall–Kier alpha value is -0.0900. The second-order valence-corrected chi connectivity index (χ2v) is 38.6. The molecule has 10 aliphatic rings. The van der Waals surface area contributed by atoms with E-state index in [1.807, 2.05) is 0 Å². The quantitative estimate of drug-likeness (QED) is 0.232. The molecule has 0 aromatic carbocycles. The van der Waals surface area contributed by atoms with Gasteiger partial charge < -0.3 is 4.74 Å². The van der Waals surface area contributed by atoms with Gasteiger partial charge in [-0.1, -0.05) is 0 Å². The van der Waals surface area contributed by atoms with Crippen LogP contribution in [0.25, 0.3) is 0 Å². The number of nitrogens with zero attached hydrogens (tertiary/aromatic N) is 10. The maximum atomic E-state index is 5.53. The van der Waals surface area contributed by atoms with Crippen LogP contribution in [0.2, 0.25) is 0 Å². The van der Waals surface area contributed by atoms with Crippen molar-refractivity contribution in [1.29, 1.82) is 0 Å². The number of piperazine rings is 5. The van der Waals surface area contributed by atoms with Crippen LogP contribution in [0.4, 0.5) is 0 Å². The van der Waals surface area contributed by atoms with Gasteiger partial charge in [0.25, 0.3) is 0 Å². The predicted octanol–water partition coefficient (Wildman–Crippen LogP) is 12.5. The highest BCUT2D eigenvalue weighted by atomic mass is 32.2. The molecule has 10 fully saturated rings. The van der Waals surface area contributed by atoms with Crippen LogP contribution >= 0.6 is 11.8 Å². The number of hydrogen-bond acceptors (Lipinski definition) is 12. The Bertz CT molecular complexity index is 1890. The first-order valence-electron chi connectivity index (χ1n) is 33.2. The van der Waals surface area contributed by atoms with Crippen molar-refractivity contribution in [3.63, 3.8) is 0 Å². The number of fused-ring (bicyclic) bond motifs is 4. The molecule has 0 amide bonds. The first-order chi connectivity index (χ1) is 36.3. The lowest BCUT2D eigenvalue weighted by Gasteiger charge is -2.61. The van der Waals surface area contributed by atoms with Gasteiger partial charge in [0.1, 0.15) is 0 Å². The van der Waals surface area contributed by atoms with E-state index < -0.39 is 0 Å². The monoisotopic (exact) mass is 1160 g/mol. The van der Waals surface area contributed by atoms with Gasteiger partial charge in [0.15, 0.2) is 0 Å². The largest absolute Gasteiger partial charge is 0.377 e. The Morgan fingerprint density at radius 1 is 0.321 bits per heavy atom. The summed E-state index contributed by atoms with van der Waals surface area (Å²) >= 11 is 2.11. The smallest absolute Gasteiger partial charge is 0.0811 e. The van der Waals surface area contributed by atoms with Gasteiger partial charge >= 0.3 is 0 Å². The molecule has 11 nitrogen and oxygen atoms in total. The SMILES string of the molecule is CC(C)(C)N1CC2CC1CN2C(C)(C)C.CC(C)(C)N1CC2CCC(C1)N2C(C)(C)C.CC(C)(C)N1CCN(C(C)(C)C)C2(CC2)C1.CC(C)(C)N1CCN(C(C)(C)C)C2(COC2)C1.CC(C)(C)N1CCN(C(C)(C)C)C2(CSC2)C1. The van der Waals surface area contributed by atoms with E-state index in [0.29, 0.717) is 55.4 Å². The highest BCUT2D eigenvalue weighted by Gasteiger charge is 2.57. The fourth-order valence-corrected chi connectivity index (χ4v) is 17.6. The van der Waals surface area contributed by atoms with E-state index in [4.69, 9.17) is 4.74 Å². The standard InChI is InChI=1S/C14H28N2O.C14H28N2S.2C14H28N2.C13H26N2/c2*1-12(2,3)15-7-8-16(13(4,5)6)14(9-15)10-17-11-14;1-13(2,3)15-9-11-7-8-12(10-15)16(11)14(4,5)6;1-12(2,3)15-9-10-16(13(4,5)6)14(11-15)7-8-14;1-12(2,3)14-8-11-7-10(14)9-15(11)13(4,5)6/h2*7-11H2,1-6H3;11-12H,7-10H2,1-6H3;7-11H2,1-6H3;10-11H,7-9H2,1-6H3. The molecule has 1 saturated carbocycles. The van der Waals surface area contributed by atoms with Gasteiger partial charge in [0.05, 0.1) is 24.3 Å². The second-order valence-electron chi connectivity index (χ2n) is 37.6. The van der Waals surface area contributed by atoms with Gasteiger partial charge in [-0.25, -0.2) is 0 Å². The van der Waals surface area contributed by atoms with Crippen LogP contribution in [-0.2, 0) is 4.74 Å². The lowest BCUT2D eigenvalue weighted by Crippen LogP contribution is -2.76. The molecule has 9 saturated heterocycles. The van der Waals surface area contributed by atoms with E-state index in [9.17, 15) is 0 Å². The van der Waals surface area contributed by atoms with E-state index in [1.165, 1.54) is 116 Å². The first-order valence-corrected chi connectivity index (χ1v) is 34.3. The second kappa shape index (κ2) is 24.0. The molecule has 4 atom stereocenters. The summed E-state index contributed by atoms with van der Waals surface area (Å²) in [4.78, 5) is 27.0. The normalized spacial score (nSPS) is 29.7. The lowest BCUT2D eigenvalue weighted by atomic mass is 9.85. The summed E-state index contributed by atoms with van der Waals surface area (Å²) in [6.07, 6.45) is 6.98. The van der Waals surface area contributed by atoms with Crippen LogP contribution < -0.4 is 0 Å². The summed E-state index contributed by atoms with van der Waals surface area (Å²) in [5.41, 5.74) is 4.43. The van der Waals surface area contributed by atoms with Crippen molar-refractivity contribution in [1.82, 2.24) is 49.0 Å². The molecule has 10 rings (SSSR count). The maximum Gasteiger partial charge on any atom is 0.0811 e. The van der Waals surface area contributed by atoms with E-state index in [2.05, 4.69) is 268 Å². The van der Waals surface area contributed by atoms with Crippen molar-refractivity contribution in [2.45, 2.75) is 336 Å². The van der Waals surface area contributed by atoms with E-state index in [-0.39, 0.29) is 16.6 Å². The number of rotatable bonds is 0. The summed E-state index contributed by atoms with van der Waals surface area (Å²) in [5, 5.41) is 0. The number of thioether (sulfide) groups is 1. The summed E-state index contributed by atoms with van der Waals surface area (Å²) in [5.74, 6) is 2.63. The highest BCUT2D eigenvalue weighted by molar-refractivity contribution is 8.00. The molecule has 4 unspecified atom stereocenters. The number of likely N-dealkylation sites (tertiary alicyclic amines) is 3. The van der Waals surface area contributed by atoms with Crippen LogP contribution in [0, 0.1) is 0 Å². The third-order valence-corrected chi connectivity index (χ3v) is 22.2. The predicted molar refractivity (Wildman–Crippen MR) is 354 cm³/mol. The van der Waals surface area contributed by atoms with Gasteiger partial charge in [0, 0.05) is 182 Å². The molecule has 0 aromatic heterocycles. The number of hydrogen-bond donors (Lipinski definition) is 0. The van der Waals surface area contributed by atoms with Gasteiger partial charge in [-0.15, -0.1) is 0 Å². The maximum absolute atomic E-state index is 5.53. The van der Waals surface area contributed by atoms with E-state index in [1.54, 1.807) is 0 Å².